The summed E-state index contributed by atoms with van der Waals surface area (Å²) < 4.78 is 5.46. The fourth-order valence-corrected chi connectivity index (χ4v) is 5.03. The maximum absolute atomic E-state index is 13.3. The van der Waals surface area contributed by atoms with Crippen molar-refractivity contribution in [3.63, 3.8) is 0 Å². The van der Waals surface area contributed by atoms with Crippen LogP contribution in [0.1, 0.15) is 85.1 Å². The Hall–Kier alpha value is -3.87. The first-order valence-corrected chi connectivity index (χ1v) is 15.8. The van der Waals surface area contributed by atoms with Crippen LogP contribution in [0.15, 0.2) is 24.3 Å². The molecule has 45 heavy (non-hydrogen) atoms. The van der Waals surface area contributed by atoms with Gasteiger partial charge in [-0.1, -0.05) is 26.0 Å². The van der Waals surface area contributed by atoms with Crippen molar-refractivity contribution in [2.45, 2.75) is 104 Å². The Labute approximate surface area is 266 Å². The summed E-state index contributed by atoms with van der Waals surface area (Å²) >= 11 is 0. The van der Waals surface area contributed by atoms with Crippen LogP contribution < -0.4 is 27.0 Å². The fraction of sp³-hybridized carbons (Fsp3) is 0.656. The van der Waals surface area contributed by atoms with E-state index in [1.54, 1.807) is 29.2 Å². The molecule has 1 aromatic rings. The van der Waals surface area contributed by atoms with Gasteiger partial charge in [0.2, 0.25) is 17.7 Å². The van der Waals surface area contributed by atoms with Crippen molar-refractivity contribution in [2.24, 2.45) is 17.6 Å². The van der Waals surface area contributed by atoms with Crippen molar-refractivity contribution in [3.8, 4) is 0 Å². The molecule has 13 heteroatoms. The second kappa shape index (κ2) is 18.2. The SMILES string of the molecule is CC(C)C(NC(=O)CCCC1CCN(C(=O)OC(C)(C)C)CC1)C(=O)NC(CCCNC(N)=O)C(=O)Nc1ccc(CO)cc1. The summed E-state index contributed by atoms with van der Waals surface area (Å²) in [6, 6.07) is 4.19. The number of aliphatic hydroxyl groups is 1. The van der Waals surface area contributed by atoms with Crippen molar-refractivity contribution in [1.29, 1.82) is 0 Å². The van der Waals surface area contributed by atoms with Gasteiger partial charge in [0, 0.05) is 31.7 Å². The monoisotopic (exact) mass is 632 g/mol. The Morgan fingerprint density at radius 2 is 1.64 bits per heavy atom. The van der Waals surface area contributed by atoms with Gasteiger partial charge >= 0.3 is 12.1 Å². The lowest BCUT2D eigenvalue weighted by molar-refractivity contribution is -0.132. The molecule has 2 unspecified atom stereocenters. The zero-order chi connectivity index (χ0) is 33.6. The van der Waals surface area contributed by atoms with Crippen LogP contribution in [0.4, 0.5) is 15.3 Å². The van der Waals surface area contributed by atoms with E-state index in [4.69, 9.17) is 10.5 Å². The van der Waals surface area contributed by atoms with Crippen molar-refractivity contribution >= 4 is 35.5 Å². The Balaban J connectivity index is 1.89. The van der Waals surface area contributed by atoms with E-state index >= 15 is 0 Å². The van der Waals surface area contributed by atoms with Gasteiger partial charge in [0.25, 0.3) is 0 Å². The zero-order valence-corrected chi connectivity index (χ0v) is 27.3. The van der Waals surface area contributed by atoms with E-state index < -0.39 is 35.5 Å². The fourth-order valence-electron chi connectivity index (χ4n) is 5.03. The van der Waals surface area contributed by atoms with E-state index in [0.717, 1.165) is 19.3 Å². The number of hydrogen-bond acceptors (Lipinski definition) is 7. The molecule has 1 aromatic carbocycles. The molecular weight excluding hydrogens is 580 g/mol. The summed E-state index contributed by atoms with van der Waals surface area (Å²) in [7, 11) is 0. The largest absolute Gasteiger partial charge is 0.444 e. The van der Waals surface area contributed by atoms with E-state index in [1.165, 1.54) is 0 Å². The van der Waals surface area contributed by atoms with Crippen LogP contribution in [0.3, 0.4) is 0 Å². The number of urea groups is 1. The Kier molecular flexibility index (Phi) is 15.1. The van der Waals surface area contributed by atoms with Gasteiger partial charge in [-0.15, -0.1) is 0 Å². The van der Waals surface area contributed by atoms with Crippen LogP contribution in [0.25, 0.3) is 0 Å². The normalized spacial score (nSPS) is 15.1. The number of nitrogens with one attached hydrogen (secondary N) is 4. The summed E-state index contributed by atoms with van der Waals surface area (Å²) in [4.78, 5) is 64.4. The second-order valence-corrected chi connectivity index (χ2v) is 12.9. The van der Waals surface area contributed by atoms with Gasteiger partial charge in [0.15, 0.2) is 0 Å². The number of aliphatic hydroxyl groups excluding tert-OH is 1. The average molecular weight is 633 g/mol. The maximum atomic E-state index is 13.3. The van der Waals surface area contributed by atoms with Crippen molar-refractivity contribution in [2.75, 3.05) is 25.0 Å². The maximum Gasteiger partial charge on any atom is 0.410 e. The van der Waals surface area contributed by atoms with Gasteiger partial charge in [0.1, 0.15) is 17.7 Å². The molecule has 252 valence electrons. The predicted octanol–water partition coefficient (Wildman–Crippen LogP) is 3.01. The highest BCUT2D eigenvalue weighted by molar-refractivity contribution is 5.98. The third-order valence-corrected chi connectivity index (χ3v) is 7.55. The molecule has 0 spiro atoms. The van der Waals surface area contributed by atoms with Crippen molar-refractivity contribution in [3.05, 3.63) is 29.8 Å². The molecule has 0 saturated carbocycles. The van der Waals surface area contributed by atoms with Gasteiger partial charge in [-0.3, -0.25) is 14.4 Å². The minimum absolute atomic E-state index is 0.128. The number of benzene rings is 1. The highest BCUT2D eigenvalue weighted by atomic mass is 16.6. The third kappa shape index (κ3) is 14.2. The lowest BCUT2D eigenvalue weighted by Gasteiger charge is -2.33. The average Bonchev–Trinajstić information content (AvgIpc) is 2.96. The van der Waals surface area contributed by atoms with Crippen LogP contribution >= 0.6 is 0 Å². The molecule has 1 aliphatic rings. The number of likely N-dealkylation sites (tertiary alicyclic amines) is 1. The number of rotatable bonds is 15. The summed E-state index contributed by atoms with van der Waals surface area (Å²) in [5.41, 5.74) is 5.79. The molecule has 0 aliphatic carbocycles. The molecule has 0 aromatic heterocycles. The first-order chi connectivity index (χ1) is 21.2. The van der Waals surface area contributed by atoms with Crippen LogP contribution in [-0.2, 0) is 25.7 Å². The smallest absolute Gasteiger partial charge is 0.410 e. The Morgan fingerprint density at radius 3 is 2.20 bits per heavy atom. The number of anilines is 1. The number of nitrogens with zero attached hydrogens (tertiary/aromatic N) is 1. The first-order valence-electron chi connectivity index (χ1n) is 15.8. The number of nitrogens with two attached hydrogens (primary N) is 1. The van der Waals surface area contributed by atoms with E-state index in [0.29, 0.717) is 43.1 Å². The molecule has 1 heterocycles. The van der Waals surface area contributed by atoms with Gasteiger partial charge in [-0.25, -0.2) is 9.59 Å². The summed E-state index contributed by atoms with van der Waals surface area (Å²) in [5, 5.41) is 20.1. The van der Waals surface area contributed by atoms with Crippen molar-refractivity contribution < 1.29 is 33.8 Å². The van der Waals surface area contributed by atoms with Crippen LogP contribution in [-0.4, -0.2) is 77.2 Å². The Bertz CT molecular complexity index is 1130. The van der Waals surface area contributed by atoms with Gasteiger partial charge in [-0.05, 0) is 88.8 Å². The number of hydrogen-bond donors (Lipinski definition) is 6. The molecule has 13 nitrogen and oxygen atoms in total. The summed E-state index contributed by atoms with van der Waals surface area (Å²) in [5.74, 6) is -1.01. The number of amides is 6. The van der Waals surface area contributed by atoms with Gasteiger partial charge < -0.3 is 41.7 Å². The lowest BCUT2D eigenvalue weighted by atomic mass is 9.91. The van der Waals surface area contributed by atoms with Crippen LogP contribution in [0, 0.1) is 11.8 Å². The van der Waals surface area contributed by atoms with E-state index in [9.17, 15) is 29.1 Å². The van der Waals surface area contributed by atoms with Gasteiger partial charge in [-0.2, -0.15) is 0 Å². The van der Waals surface area contributed by atoms with Crippen LogP contribution in [0.5, 0.6) is 0 Å². The number of primary amides is 1. The molecular formula is C32H52N6O7. The lowest BCUT2D eigenvalue weighted by Crippen LogP contribution is -2.54. The standard InChI is InChI=1S/C32H52N6O7/c1-21(2)27(37-26(40)10-6-8-22-15-18-38(19-16-22)31(44)45-32(3,4)5)29(42)36-25(9-7-17-34-30(33)43)28(41)35-24-13-11-23(20-39)12-14-24/h11-14,21-22,25,27,39H,6-10,15-20H2,1-5H3,(H,35,41)(H,36,42)(H,37,40)(H3,33,34,43). The molecule has 6 amide bonds. The van der Waals surface area contributed by atoms with Gasteiger partial charge in [0.05, 0.1) is 6.61 Å². The Morgan fingerprint density at radius 1 is 1.00 bits per heavy atom. The molecule has 1 saturated heterocycles. The molecule has 7 N–H and O–H groups in total. The van der Waals surface area contributed by atoms with Crippen molar-refractivity contribution in [1.82, 2.24) is 20.9 Å². The molecule has 1 aliphatic heterocycles. The quantitative estimate of drug-likeness (QED) is 0.160. The topological polar surface area (TPSA) is 192 Å². The third-order valence-electron chi connectivity index (χ3n) is 7.55. The number of carbonyl (C=O) groups excluding carboxylic acids is 5. The predicted molar refractivity (Wildman–Crippen MR) is 171 cm³/mol. The second-order valence-electron chi connectivity index (χ2n) is 12.9. The summed E-state index contributed by atoms with van der Waals surface area (Å²) in [6.07, 6.45) is 3.76. The van der Waals surface area contributed by atoms with E-state index in [1.807, 2.05) is 34.6 Å². The molecule has 2 rings (SSSR count). The molecule has 1 fully saturated rings. The highest BCUT2D eigenvalue weighted by Gasteiger charge is 2.30. The minimum Gasteiger partial charge on any atom is -0.444 e. The minimum atomic E-state index is -0.936. The van der Waals surface area contributed by atoms with E-state index in [2.05, 4.69) is 21.3 Å². The van der Waals surface area contributed by atoms with Crippen LogP contribution in [0.2, 0.25) is 0 Å². The number of carbonyl (C=O) groups is 5. The molecule has 0 bridgehead atoms. The molecule has 0 radical (unpaired) electrons. The number of piperidine rings is 1. The molecule has 2 atom stereocenters. The summed E-state index contributed by atoms with van der Waals surface area (Å²) in [6.45, 7) is 10.5. The first kappa shape index (κ1) is 37.3. The van der Waals surface area contributed by atoms with E-state index in [-0.39, 0.29) is 43.9 Å². The highest BCUT2D eigenvalue weighted by Crippen LogP contribution is 2.24. The zero-order valence-electron chi connectivity index (χ0n) is 27.3. The number of ether oxygens (including phenoxy) is 1.